The van der Waals surface area contributed by atoms with E-state index in [-0.39, 0.29) is 0 Å². The highest BCUT2D eigenvalue weighted by atomic mass is 32.2. The van der Waals surface area contributed by atoms with E-state index in [9.17, 15) is 9.59 Å². The number of esters is 2. The van der Waals surface area contributed by atoms with Gasteiger partial charge in [0.25, 0.3) is 0 Å². The van der Waals surface area contributed by atoms with Crippen LogP contribution >= 0.6 is 11.8 Å². The molecule has 2 unspecified atom stereocenters. The van der Waals surface area contributed by atoms with Crippen molar-refractivity contribution in [3.8, 4) is 0 Å². The fourth-order valence-corrected chi connectivity index (χ4v) is 2.58. The molecule has 1 fully saturated rings. The average molecular weight is 288 g/mol. The van der Waals surface area contributed by atoms with Gasteiger partial charge in [0, 0.05) is 13.0 Å². The van der Waals surface area contributed by atoms with Gasteiger partial charge in [0.2, 0.25) is 5.79 Å². The van der Waals surface area contributed by atoms with Gasteiger partial charge in [-0.2, -0.15) is 11.8 Å². The van der Waals surface area contributed by atoms with Crippen LogP contribution in [0.15, 0.2) is 12.7 Å². The molecule has 1 aliphatic heterocycles. The van der Waals surface area contributed by atoms with Crippen molar-refractivity contribution in [1.82, 2.24) is 0 Å². The summed E-state index contributed by atoms with van der Waals surface area (Å²) in [6, 6.07) is 0. The molecule has 0 aliphatic carbocycles. The molecule has 0 spiro atoms. The van der Waals surface area contributed by atoms with E-state index in [0.717, 1.165) is 24.7 Å². The number of hydrogen-bond acceptors (Lipinski definition) is 6. The predicted molar refractivity (Wildman–Crippen MR) is 72.8 cm³/mol. The van der Waals surface area contributed by atoms with Gasteiger partial charge in [0.1, 0.15) is 0 Å². The summed E-state index contributed by atoms with van der Waals surface area (Å²) in [6.07, 6.45) is 2.08. The lowest BCUT2D eigenvalue weighted by atomic mass is 10.3. The molecule has 1 aliphatic rings. The topological polar surface area (TPSA) is 61.8 Å². The highest BCUT2D eigenvalue weighted by Gasteiger charge is 2.33. The summed E-state index contributed by atoms with van der Waals surface area (Å²) in [4.78, 5) is 22.9. The van der Waals surface area contributed by atoms with Crippen LogP contribution < -0.4 is 0 Å². The summed E-state index contributed by atoms with van der Waals surface area (Å²) < 4.78 is 15.7. The van der Waals surface area contributed by atoms with Crippen molar-refractivity contribution < 1.29 is 23.8 Å². The van der Waals surface area contributed by atoms with Crippen LogP contribution in [0.5, 0.6) is 0 Å². The monoisotopic (exact) mass is 288 g/mol. The van der Waals surface area contributed by atoms with E-state index in [4.69, 9.17) is 14.2 Å². The lowest BCUT2D eigenvalue weighted by Gasteiger charge is -2.31. The highest BCUT2D eigenvalue weighted by molar-refractivity contribution is 7.99. The van der Waals surface area contributed by atoms with E-state index in [1.165, 1.54) is 6.92 Å². The molecule has 0 saturated carbocycles. The number of thioether (sulfide) groups is 1. The van der Waals surface area contributed by atoms with Crippen molar-refractivity contribution in [3.63, 3.8) is 0 Å². The van der Waals surface area contributed by atoms with Crippen LogP contribution in [0.25, 0.3) is 0 Å². The van der Waals surface area contributed by atoms with Crippen LogP contribution in [0.1, 0.15) is 26.7 Å². The standard InChI is InChI=1S/C13H20O5S/c1-4-11(14)17-10(2)12(15)18-13(3)9-19-8-6-5-7-16-13/h4,10H,1,5-9H2,2-3H3. The molecule has 0 aromatic carbocycles. The quantitative estimate of drug-likeness (QED) is 0.581. The highest BCUT2D eigenvalue weighted by Crippen LogP contribution is 2.24. The Morgan fingerprint density at radius 2 is 2.21 bits per heavy atom. The first-order valence-electron chi connectivity index (χ1n) is 6.24. The Labute approximate surface area is 117 Å². The molecule has 1 heterocycles. The number of carbonyl (C=O) groups is 2. The van der Waals surface area contributed by atoms with Gasteiger partial charge in [0.15, 0.2) is 6.10 Å². The van der Waals surface area contributed by atoms with Crippen LogP contribution in [-0.4, -0.2) is 41.9 Å². The molecule has 0 radical (unpaired) electrons. The Kier molecular flexibility index (Phi) is 6.37. The van der Waals surface area contributed by atoms with E-state index in [2.05, 4.69) is 6.58 Å². The third kappa shape index (κ3) is 5.65. The van der Waals surface area contributed by atoms with Gasteiger partial charge in [-0.15, -0.1) is 0 Å². The Bertz CT molecular complexity index is 334. The van der Waals surface area contributed by atoms with E-state index < -0.39 is 23.8 Å². The molecular weight excluding hydrogens is 268 g/mol. The fourth-order valence-electron chi connectivity index (χ4n) is 1.52. The van der Waals surface area contributed by atoms with Gasteiger partial charge < -0.3 is 14.2 Å². The second kappa shape index (κ2) is 7.55. The second-order valence-corrected chi connectivity index (χ2v) is 5.55. The summed E-state index contributed by atoms with van der Waals surface area (Å²) in [5, 5.41) is 0. The van der Waals surface area contributed by atoms with Crippen LogP contribution in [0.2, 0.25) is 0 Å². The van der Waals surface area contributed by atoms with Crippen LogP contribution in [0.4, 0.5) is 0 Å². The van der Waals surface area contributed by atoms with Gasteiger partial charge in [-0.3, -0.25) is 0 Å². The largest absolute Gasteiger partial charge is 0.447 e. The maximum atomic E-state index is 11.8. The van der Waals surface area contributed by atoms with Crippen molar-refractivity contribution in [2.75, 3.05) is 18.1 Å². The smallest absolute Gasteiger partial charge is 0.349 e. The fraction of sp³-hybridized carbons (Fsp3) is 0.692. The zero-order chi connectivity index (χ0) is 14.3. The molecule has 0 aromatic heterocycles. The summed E-state index contributed by atoms with van der Waals surface area (Å²) in [5.41, 5.74) is 0. The van der Waals surface area contributed by atoms with Gasteiger partial charge >= 0.3 is 11.9 Å². The Balaban J connectivity index is 2.52. The first-order chi connectivity index (χ1) is 8.97. The summed E-state index contributed by atoms with van der Waals surface area (Å²) in [6.45, 7) is 7.02. The molecule has 1 saturated heterocycles. The Morgan fingerprint density at radius 3 is 2.89 bits per heavy atom. The molecular formula is C13H20O5S. The normalized spacial score (nSPS) is 25.6. The molecule has 0 amide bonds. The minimum atomic E-state index is -0.971. The molecule has 19 heavy (non-hydrogen) atoms. The van der Waals surface area contributed by atoms with Gasteiger partial charge in [-0.25, -0.2) is 9.59 Å². The molecule has 1 rings (SSSR count). The maximum Gasteiger partial charge on any atom is 0.349 e. The lowest BCUT2D eigenvalue weighted by Crippen LogP contribution is -2.42. The van der Waals surface area contributed by atoms with Crippen molar-refractivity contribution in [3.05, 3.63) is 12.7 Å². The molecule has 108 valence electrons. The summed E-state index contributed by atoms with van der Waals surface area (Å²) >= 11 is 1.68. The first-order valence-corrected chi connectivity index (χ1v) is 7.40. The van der Waals surface area contributed by atoms with Crippen LogP contribution in [0, 0.1) is 0 Å². The van der Waals surface area contributed by atoms with Gasteiger partial charge in [-0.05, 0) is 25.5 Å². The SMILES string of the molecule is C=CC(=O)OC(C)C(=O)OC1(C)CSCCCCO1. The number of ether oxygens (including phenoxy) is 3. The summed E-state index contributed by atoms with van der Waals surface area (Å²) in [7, 11) is 0. The summed E-state index contributed by atoms with van der Waals surface area (Å²) in [5.74, 6) is -0.628. The predicted octanol–water partition coefficient (Wildman–Crippen LogP) is 1.91. The van der Waals surface area contributed by atoms with E-state index >= 15 is 0 Å². The third-order valence-corrected chi connectivity index (χ3v) is 3.87. The lowest BCUT2D eigenvalue weighted by molar-refractivity contribution is -0.222. The van der Waals surface area contributed by atoms with Crippen molar-refractivity contribution in [2.24, 2.45) is 0 Å². The molecule has 2 atom stereocenters. The van der Waals surface area contributed by atoms with Gasteiger partial charge in [0.05, 0.1) is 12.4 Å². The van der Waals surface area contributed by atoms with E-state index in [1.54, 1.807) is 18.7 Å². The van der Waals surface area contributed by atoms with Crippen LogP contribution in [0.3, 0.4) is 0 Å². The molecule has 5 nitrogen and oxygen atoms in total. The number of rotatable bonds is 4. The minimum Gasteiger partial charge on any atom is -0.447 e. The Hall–Kier alpha value is -1.01. The minimum absolute atomic E-state index is 0.561. The molecule has 0 N–H and O–H groups in total. The molecule has 0 bridgehead atoms. The zero-order valence-electron chi connectivity index (χ0n) is 11.3. The van der Waals surface area contributed by atoms with Crippen molar-refractivity contribution in [2.45, 2.75) is 38.6 Å². The second-order valence-electron chi connectivity index (χ2n) is 4.45. The number of carbonyl (C=O) groups excluding carboxylic acids is 2. The van der Waals surface area contributed by atoms with Crippen LogP contribution in [-0.2, 0) is 23.8 Å². The van der Waals surface area contributed by atoms with E-state index in [0.29, 0.717) is 12.4 Å². The zero-order valence-corrected chi connectivity index (χ0v) is 12.2. The number of hydrogen-bond donors (Lipinski definition) is 0. The molecule has 6 heteroatoms. The first kappa shape index (κ1) is 16.0. The van der Waals surface area contributed by atoms with Crippen molar-refractivity contribution in [1.29, 1.82) is 0 Å². The van der Waals surface area contributed by atoms with E-state index in [1.807, 2.05) is 0 Å². The third-order valence-electron chi connectivity index (χ3n) is 2.56. The molecule has 0 aromatic rings. The average Bonchev–Trinajstić information content (AvgIpc) is 2.34. The van der Waals surface area contributed by atoms with Gasteiger partial charge in [-0.1, -0.05) is 6.58 Å². The Morgan fingerprint density at radius 1 is 1.47 bits per heavy atom. The maximum absolute atomic E-state index is 11.8. The van der Waals surface area contributed by atoms with Crippen molar-refractivity contribution >= 4 is 23.7 Å².